The van der Waals surface area contributed by atoms with Gasteiger partial charge in [-0.3, -0.25) is 5.43 Å². The molecular formula is C10H12FN3O2. The molecule has 3 N–H and O–H groups in total. The van der Waals surface area contributed by atoms with Gasteiger partial charge in [-0.05, 0) is 31.2 Å². The first-order chi connectivity index (χ1) is 7.63. The zero-order chi connectivity index (χ0) is 12.0. The van der Waals surface area contributed by atoms with Crippen LogP contribution in [0.5, 0.6) is 0 Å². The van der Waals surface area contributed by atoms with E-state index in [-0.39, 0.29) is 18.3 Å². The van der Waals surface area contributed by atoms with Crippen LogP contribution >= 0.6 is 0 Å². The van der Waals surface area contributed by atoms with Gasteiger partial charge in [0.05, 0.1) is 12.3 Å². The summed E-state index contributed by atoms with van der Waals surface area (Å²) in [5.74, 6) is -1.34. The van der Waals surface area contributed by atoms with E-state index in [9.17, 15) is 9.18 Å². The highest BCUT2D eigenvalue weighted by molar-refractivity contribution is 6.34. The number of carbonyl (C=O) groups is 1. The number of ether oxygens (including phenoxy) is 1. The Bertz CT molecular complexity index is 390. The highest BCUT2D eigenvalue weighted by Gasteiger charge is 2.06. The second kappa shape index (κ2) is 5.69. The van der Waals surface area contributed by atoms with Gasteiger partial charge < -0.3 is 10.5 Å². The Balaban J connectivity index is 2.58. The predicted molar refractivity (Wildman–Crippen MR) is 58.3 cm³/mol. The SMILES string of the molecule is CCOC(=O)/C(N)=N/Nc1ccc(F)cc1. The summed E-state index contributed by atoms with van der Waals surface area (Å²) in [7, 11) is 0. The largest absolute Gasteiger partial charge is 0.460 e. The summed E-state index contributed by atoms with van der Waals surface area (Å²) in [6, 6.07) is 5.46. The van der Waals surface area contributed by atoms with Crippen molar-refractivity contribution < 1.29 is 13.9 Å². The molecule has 0 atom stereocenters. The first-order valence-electron chi connectivity index (χ1n) is 4.65. The summed E-state index contributed by atoms with van der Waals surface area (Å²) < 4.78 is 17.2. The second-order valence-corrected chi connectivity index (χ2v) is 2.84. The van der Waals surface area contributed by atoms with E-state index in [1.165, 1.54) is 24.3 Å². The van der Waals surface area contributed by atoms with E-state index < -0.39 is 5.97 Å². The normalized spacial score (nSPS) is 11.0. The topological polar surface area (TPSA) is 76.7 Å². The fraction of sp³-hybridized carbons (Fsp3) is 0.200. The molecule has 5 nitrogen and oxygen atoms in total. The van der Waals surface area contributed by atoms with Crippen LogP contribution in [0.15, 0.2) is 29.4 Å². The molecule has 0 bridgehead atoms. The van der Waals surface area contributed by atoms with Crippen LogP contribution in [0.4, 0.5) is 10.1 Å². The maximum atomic E-state index is 12.6. The summed E-state index contributed by atoms with van der Waals surface area (Å²) in [5.41, 5.74) is 8.35. The van der Waals surface area contributed by atoms with E-state index in [4.69, 9.17) is 5.73 Å². The minimum atomic E-state index is -0.697. The van der Waals surface area contributed by atoms with Crippen LogP contribution in [0.1, 0.15) is 6.92 Å². The number of hydrazone groups is 1. The third kappa shape index (κ3) is 3.56. The predicted octanol–water partition coefficient (Wildman–Crippen LogP) is 1.07. The van der Waals surface area contributed by atoms with Crippen molar-refractivity contribution in [1.29, 1.82) is 0 Å². The molecule has 0 spiro atoms. The number of hydrogen-bond donors (Lipinski definition) is 2. The third-order valence-corrected chi connectivity index (χ3v) is 1.63. The zero-order valence-corrected chi connectivity index (χ0v) is 8.74. The van der Waals surface area contributed by atoms with Gasteiger partial charge in [-0.1, -0.05) is 0 Å². The number of nitrogens with one attached hydrogen (secondary N) is 1. The summed E-state index contributed by atoms with van der Waals surface area (Å²) in [4.78, 5) is 11.0. The molecule has 1 aromatic rings. The molecule has 0 radical (unpaired) electrons. The van der Waals surface area contributed by atoms with E-state index in [0.29, 0.717) is 5.69 Å². The molecule has 1 rings (SSSR count). The monoisotopic (exact) mass is 225 g/mol. The average molecular weight is 225 g/mol. The number of nitrogens with zero attached hydrogens (tertiary/aromatic N) is 1. The number of esters is 1. The van der Waals surface area contributed by atoms with Gasteiger partial charge in [-0.15, -0.1) is 5.10 Å². The first-order valence-corrected chi connectivity index (χ1v) is 4.65. The molecule has 0 heterocycles. The van der Waals surface area contributed by atoms with Gasteiger partial charge in [-0.2, -0.15) is 0 Å². The quantitative estimate of drug-likeness (QED) is 0.349. The van der Waals surface area contributed by atoms with Crippen molar-refractivity contribution in [2.75, 3.05) is 12.0 Å². The number of halogens is 1. The van der Waals surface area contributed by atoms with Crippen molar-refractivity contribution in [3.63, 3.8) is 0 Å². The molecule has 16 heavy (non-hydrogen) atoms. The molecule has 0 aliphatic rings. The second-order valence-electron chi connectivity index (χ2n) is 2.84. The van der Waals surface area contributed by atoms with Gasteiger partial charge in [0, 0.05) is 0 Å². The number of anilines is 1. The van der Waals surface area contributed by atoms with E-state index >= 15 is 0 Å². The Kier molecular flexibility index (Phi) is 4.26. The van der Waals surface area contributed by atoms with Crippen LogP contribution in [0.25, 0.3) is 0 Å². The molecular weight excluding hydrogens is 213 g/mol. The van der Waals surface area contributed by atoms with Gasteiger partial charge >= 0.3 is 5.97 Å². The number of nitrogens with two attached hydrogens (primary N) is 1. The summed E-state index contributed by atoms with van der Waals surface area (Å²) >= 11 is 0. The fourth-order valence-electron chi connectivity index (χ4n) is 0.900. The minimum Gasteiger partial charge on any atom is -0.460 e. The molecule has 0 saturated carbocycles. The number of benzene rings is 1. The molecule has 0 fully saturated rings. The van der Waals surface area contributed by atoms with Crippen molar-refractivity contribution in [1.82, 2.24) is 0 Å². The third-order valence-electron chi connectivity index (χ3n) is 1.63. The van der Waals surface area contributed by atoms with Crippen molar-refractivity contribution in [2.45, 2.75) is 6.92 Å². The molecule has 0 amide bonds. The van der Waals surface area contributed by atoms with Gasteiger partial charge in [0.15, 0.2) is 0 Å². The van der Waals surface area contributed by atoms with Crippen molar-refractivity contribution in [3.8, 4) is 0 Å². The van der Waals surface area contributed by atoms with E-state index in [2.05, 4.69) is 15.3 Å². The molecule has 6 heteroatoms. The smallest absolute Gasteiger partial charge is 0.375 e. The number of rotatable bonds is 3. The molecule has 0 aliphatic heterocycles. The molecule has 0 saturated heterocycles. The maximum Gasteiger partial charge on any atom is 0.375 e. The lowest BCUT2D eigenvalue weighted by Crippen LogP contribution is -2.27. The lowest BCUT2D eigenvalue weighted by Gasteiger charge is -2.02. The standard InChI is InChI=1S/C10H12FN3O2/c1-2-16-10(15)9(12)14-13-8-5-3-7(11)4-6-8/h3-6,13H,2H2,1H3,(H2,12,14). The lowest BCUT2D eigenvalue weighted by atomic mass is 10.3. The van der Waals surface area contributed by atoms with Crippen LogP contribution in [-0.4, -0.2) is 18.4 Å². The Hall–Kier alpha value is -2.11. The van der Waals surface area contributed by atoms with Crippen LogP contribution in [0, 0.1) is 5.82 Å². The molecule has 1 aromatic carbocycles. The molecule has 0 aromatic heterocycles. The van der Waals surface area contributed by atoms with Crippen LogP contribution < -0.4 is 11.2 Å². The molecule has 0 unspecified atom stereocenters. The average Bonchev–Trinajstić information content (AvgIpc) is 2.28. The van der Waals surface area contributed by atoms with Crippen molar-refractivity contribution in [2.24, 2.45) is 10.8 Å². The molecule has 0 aliphatic carbocycles. The van der Waals surface area contributed by atoms with Crippen LogP contribution in [0.3, 0.4) is 0 Å². The summed E-state index contributed by atoms with van der Waals surface area (Å²) in [5, 5.41) is 3.59. The summed E-state index contributed by atoms with van der Waals surface area (Å²) in [6.45, 7) is 1.89. The Morgan fingerprint density at radius 3 is 2.69 bits per heavy atom. The van der Waals surface area contributed by atoms with Gasteiger partial charge in [0.1, 0.15) is 5.82 Å². The molecule has 86 valence electrons. The van der Waals surface area contributed by atoms with Crippen LogP contribution in [0.2, 0.25) is 0 Å². The van der Waals surface area contributed by atoms with Crippen molar-refractivity contribution >= 4 is 17.5 Å². The highest BCUT2D eigenvalue weighted by atomic mass is 19.1. The van der Waals surface area contributed by atoms with Crippen LogP contribution in [-0.2, 0) is 9.53 Å². The zero-order valence-electron chi connectivity index (χ0n) is 8.74. The van der Waals surface area contributed by atoms with E-state index in [1.807, 2.05) is 0 Å². The van der Waals surface area contributed by atoms with Crippen molar-refractivity contribution in [3.05, 3.63) is 30.1 Å². The van der Waals surface area contributed by atoms with E-state index in [0.717, 1.165) is 0 Å². The van der Waals surface area contributed by atoms with Gasteiger partial charge in [0.25, 0.3) is 0 Å². The van der Waals surface area contributed by atoms with Gasteiger partial charge in [0.2, 0.25) is 5.84 Å². The summed E-state index contributed by atoms with van der Waals surface area (Å²) in [6.07, 6.45) is 0. The number of hydrogen-bond acceptors (Lipinski definition) is 4. The number of carbonyl (C=O) groups excluding carboxylic acids is 1. The van der Waals surface area contributed by atoms with E-state index in [1.54, 1.807) is 6.92 Å². The fourth-order valence-corrected chi connectivity index (χ4v) is 0.900. The highest BCUT2D eigenvalue weighted by Crippen LogP contribution is 2.07. The van der Waals surface area contributed by atoms with Gasteiger partial charge in [-0.25, -0.2) is 9.18 Å². The Morgan fingerprint density at radius 1 is 1.50 bits per heavy atom. The maximum absolute atomic E-state index is 12.6. The first kappa shape index (κ1) is 12.0. The Labute approximate surface area is 92.1 Å². The Morgan fingerprint density at radius 2 is 2.12 bits per heavy atom. The lowest BCUT2D eigenvalue weighted by molar-refractivity contribution is -0.135. The number of amidine groups is 1. The minimum absolute atomic E-state index is 0.228.